The monoisotopic (exact) mass is 447 g/mol. The molecule has 0 fully saturated rings. The first kappa shape index (κ1) is 23.0. The lowest BCUT2D eigenvalue weighted by molar-refractivity contribution is 0.293. The number of aromatic nitrogens is 5. The van der Waals surface area contributed by atoms with Crippen LogP contribution in [0.4, 0.5) is 5.95 Å². The summed E-state index contributed by atoms with van der Waals surface area (Å²) in [5.41, 5.74) is 9.08. The van der Waals surface area contributed by atoms with Crippen LogP contribution in [0.2, 0.25) is 5.15 Å². The number of fused-ring (bicyclic) bond motifs is 1. The molecule has 0 aromatic carbocycles. The van der Waals surface area contributed by atoms with Gasteiger partial charge in [-0.3, -0.25) is 14.1 Å². The Morgan fingerprint density at radius 2 is 1.90 bits per heavy atom. The average molecular weight is 448 g/mol. The number of aryl methyl sites for hydroxylation is 2. The lowest BCUT2D eigenvalue weighted by atomic mass is 10.1. The fourth-order valence-corrected chi connectivity index (χ4v) is 4.18. The summed E-state index contributed by atoms with van der Waals surface area (Å²) >= 11 is 6.40. The highest BCUT2D eigenvalue weighted by Crippen LogP contribution is 2.26. The van der Waals surface area contributed by atoms with Crippen LogP contribution < -0.4 is 16.2 Å². The SMILES string of the molecule is CCN(CC)CCCn1c(=O)n(Cc2ncc(C)c(OC)c2C)c2nc(N)nc(Cl)c21. The van der Waals surface area contributed by atoms with E-state index in [0.29, 0.717) is 17.7 Å². The van der Waals surface area contributed by atoms with Crippen molar-refractivity contribution >= 4 is 28.7 Å². The highest BCUT2D eigenvalue weighted by Gasteiger charge is 2.21. The Bertz CT molecular complexity index is 1140. The molecular formula is C21H30ClN7O2. The maximum atomic E-state index is 13.4. The zero-order chi connectivity index (χ0) is 22.7. The number of nitrogens with zero attached hydrogens (tertiary/aromatic N) is 6. The van der Waals surface area contributed by atoms with Crippen LogP contribution in [0.5, 0.6) is 5.75 Å². The van der Waals surface area contributed by atoms with E-state index in [-0.39, 0.29) is 23.3 Å². The molecule has 0 unspecified atom stereocenters. The third kappa shape index (κ3) is 4.52. The van der Waals surface area contributed by atoms with E-state index in [2.05, 4.69) is 33.7 Å². The molecule has 0 amide bonds. The lowest BCUT2D eigenvalue weighted by Gasteiger charge is -2.17. The molecule has 3 rings (SSSR count). The Morgan fingerprint density at radius 3 is 2.55 bits per heavy atom. The Morgan fingerprint density at radius 1 is 1.19 bits per heavy atom. The minimum atomic E-state index is -0.211. The molecule has 3 heterocycles. The number of ether oxygens (including phenoxy) is 1. The third-order valence-corrected chi connectivity index (χ3v) is 5.90. The maximum absolute atomic E-state index is 13.4. The van der Waals surface area contributed by atoms with Crippen molar-refractivity contribution in [2.24, 2.45) is 0 Å². The summed E-state index contributed by atoms with van der Waals surface area (Å²) < 4.78 is 8.70. The van der Waals surface area contributed by atoms with Crippen molar-refractivity contribution in [1.29, 1.82) is 0 Å². The molecule has 0 atom stereocenters. The number of halogens is 1. The van der Waals surface area contributed by atoms with Crippen molar-refractivity contribution in [1.82, 2.24) is 29.0 Å². The minimum absolute atomic E-state index is 0.0257. The summed E-state index contributed by atoms with van der Waals surface area (Å²) in [5.74, 6) is 0.783. The van der Waals surface area contributed by atoms with Gasteiger partial charge in [-0.05, 0) is 39.9 Å². The third-order valence-electron chi connectivity index (χ3n) is 5.64. The maximum Gasteiger partial charge on any atom is 0.330 e. The predicted octanol–water partition coefficient (Wildman–Crippen LogP) is 2.63. The molecule has 3 aromatic rings. The molecule has 0 aliphatic carbocycles. The first-order valence-electron chi connectivity index (χ1n) is 10.5. The minimum Gasteiger partial charge on any atom is -0.496 e. The molecular weight excluding hydrogens is 418 g/mol. The van der Waals surface area contributed by atoms with E-state index in [9.17, 15) is 4.79 Å². The number of imidazole rings is 1. The second kappa shape index (κ2) is 9.65. The van der Waals surface area contributed by atoms with Gasteiger partial charge < -0.3 is 15.4 Å². The Balaban J connectivity index is 2.06. The number of pyridine rings is 1. The quantitative estimate of drug-likeness (QED) is 0.502. The second-order valence-corrected chi connectivity index (χ2v) is 7.85. The van der Waals surface area contributed by atoms with Gasteiger partial charge in [0, 0.05) is 23.9 Å². The molecule has 0 radical (unpaired) electrons. The van der Waals surface area contributed by atoms with Crippen LogP contribution in [0.15, 0.2) is 11.0 Å². The van der Waals surface area contributed by atoms with Gasteiger partial charge in [0.15, 0.2) is 10.8 Å². The summed E-state index contributed by atoms with van der Waals surface area (Å²) in [6, 6.07) is 0. The molecule has 0 aliphatic heterocycles. The topological polar surface area (TPSA) is 104 Å². The summed E-state index contributed by atoms with van der Waals surface area (Å²) in [4.78, 5) is 28.6. The first-order valence-corrected chi connectivity index (χ1v) is 10.8. The normalized spacial score (nSPS) is 11.6. The fraction of sp³-hybridized carbons (Fsp3) is 0.524. The van der Waals surface area contributed by atoms with Gasteiger partial charge in [-0.15, -0.1) is 0 Å². The Kier molecular flexibility index (Phi) is 7.17. The zero-order valence-corrected chi connectivity index (χ0v) is 19.5. The molecule has 0 aliphatic rings. The highest BCUT2D eigenvalue weighted by atomic mass is 35.5. The van der Waals surface area contributed by atoms with Gasteiger partial charge in [0.1, 0.15) is 11.3 Å². The number of anilines is 1. The number of rotatable bonds is 9. The van der Waals surface area contributed by atoms with Crippen molar-refractivity contribution in [3.05, 3.63) is 38.7 Å². The zero-order valence-electron chi connectivity index (χ0n) is 18.8. The van der Waals surface area contributed by atoms with E-state index in [0.717, 1.165) is 48.6 Å². The van der Waals surface area contributed by atoms with Gasteiger partial charge in [-0.25, -0.2) is 4.79 Å². The molecule has 3 aromatic heterocycles. The molecule has 0 spiro atoms. The molecule has 0 bridgehead atoms. The Labute approximate surface area is 186 Å². The average Bonchev–Trinajstić information content (AvgIpc) is 2.99. The molecule has 31 heavy (non-hydrogen) atoms. The van der Waals surface area contributed by atoms with Crippen LogP contribution in [0.1, 0.15) is 37.1 Å². The predicted molar refractivity (Wildman–Crippen MR) is 123 cm³/mol. The number of methoxy groups -OCH3 is 1. The number of nitrogens with two attached hydrogens (primary N) is 1. The highest BCUT2D eigenvalue weighted by molar-refractivity contribution is 6.33. The number of hydrogen-bond donors (Lipinski definition) is 1. The van der Waals surface area contributed by atoms with Crippen molar-refractivity contribution in [2.45, 2.75) is 47.2 Å². The summed E-state index contributed by atoms with van der Waals surface area (Å²) in [7, 11) is 1.63. The van der Waals surface area contributed by atoms with Crippen molar-refractivity contribution in [3.63, 3.8) is 0 Å². The molecule has 10 heteroatoms. The molecule has 0 saturated carbocycles. The van der Waals surface area contributed by atoms with Gasteiger partial charge >= 0.3 is 5.69 Å². The first-order chi connectivity index (χ1) is 14.8. The Hall–Kier alpha value is -2.65. The van der Waals surface area contributed by atoms with Crippen LogP contribution in [-0.2, 0) is 13.1 Å². The van der Waals surface area contributed by atoms with Crippen LogP contribution in [0.3, 0.4) is 0 Å². The molecule has 9 nitrogen and oxygen atoms in total. The van der Waals surface area contributed by atoms with Gasteiger partial charge in [-0.2, -0.15) is 9.97 Å². The molecule has 168 valence electrons. The van der Waals surface area contributed by atoms with E-state index in [4.69, 9.17) is 22.1 Å². The molecule has 0 saturated heterocycles. The van der Waals surface area contributed by atoms with E-state index in [1.807, 2.05) is 13.8 Å². The fourth-order valence-electron chi connectivity index (χ4n) is 3.91. The van der Waals surface area contributed by atoms with Crippen LogP contribution in [-0.4, -0.2) is 55.7 Å². The van der Waals surface area contributed by atoms with Crippen LogP contribution >= 0.6 is 11.6 Å². The number of hydrogen-bond acceptors (Lipinski definition) is 7. The summed E-state index contributed by atoms with van der Waals surface area (Å²) in [5, 5.41) is 0.173. The summed E-state index contributed by atoms with van der Waals surface area (Å²) in [6.45, 7) is 11.7. The van der Waals surface area contributed by atoms with Crippen molar-refractivity contribution < 1.29 is 4.74 Å². The van der Waals surface area contributed by atoms with Crippen molar-refractivity contribution in [3.8, 4) is 5.75 Å². The smallest absolute Gasteiger partial charge is 0.330 e. The van der Waals surface area contributed by atoms with Crippen LogP contribution in [0.25, 0.3) is 11.2 Å². The summed E-state index contributed by atoms with van der Waals surface area (Å²) in [6.07, 6.45) is 2.54. The second-order valence-electron chi connectivity index (χ2n) is 7.49. The van der Waals surface area contributed by atoms with Crippen molar-refractivity contribution in [2.75, 3.05) is 32.5 Å². The number of nitrogen functional groups attached to an aromatic ring is 1. The van der Waals surface area contributed by atoms with Gasteiger partial charge in [0.25, 0.3) is 0 Å². The molecule has 2 N–H and O–H groups in total. The standard InChI is InChI=1S/C21H30ClN7O2/c1-6-27(7-2)9-8-10-28-16-18(22)25-20(23)26-19(16)29(21(28)30)12-15-14(4)17(31-5)13(3)11-24-15/h11H,6-10,12H2,1-5H3,(H2,23,25,26). The van der Waals surface area contributed by atoms with E-state index < -0.39 is 0 Å². The van der Waals surface area contributed by atoms with E-state index in [1.54, 1.807) is 22.4 Å². The van der Waals surface area contributed by atoms with Gasteiger partial charge in [-0.1, -0.05) is 25.4 Å². The van der Waals surface area contributed by atoms with Gasteiger partial charge in [0.05, 0.1) is 19.3 Å². The van der Waals surface area contributed by atoms with Crippen LogP contribution in [0, 0.1) is 13.8 Å². The van der Waals surface area contributed by atoms with Gasteiger partial charge in [0.2, 0.25) is 5.95 Å². The van der Waals surface area contributed by atoms with E-state index >= 15 is 0 Å². The lowest BCUT2D eigenvalue weighted by Crippen LogP contribution is -2.28. The van der Waals surface area contributed by atoms with E-state index in [1.165, 1.54) is 0 Å². The largest absolute Gasteiger partial charge is 0.496 e.